The van der Waals surface area contributed by atoms with Crippen LogP contribution in [0.25, 0.3) is 0 Å². The highest BCUT2D eigenvalue weighted by Gasteiger charge is 2.01. The molecular weight excluding hydrogens is 187 g/mol. The first-order chi connectivity index (χ1) is 5.81. The van der Waals surface area contributed by atoms with Crippen LogP contribution in [0.4, 0.5) is 0 Å². The Labute approximate surface area is 83.6 Å². The molecule has 0 rings (SSSR count). The Morgan fingerprint density at radius 1 is 0.833 bits per heavy atom. The van der Waals surface area contributed by atoms with E-state index in [1.165, 1.54) is 50.8 Å². The Morgan fingerprint density at radius 3 is 2.00 bits per heavy atom. The van der Waals surface area contributed by atoms with Gasteiger partial charge in [-0.3, -0.25) is 0 Å². The highest BCUT2D eigenvalue weighted by molar-refractivity contribution is 7.83. The maximum Gasteiger partial charge on any atom is -0.00973 e. The molecule has 0 aromatic carbocycles. The second-order valence-electron chi connectivity index (χ2n) is 3.32. The molecule has 0 bridgehead atoms. The summed E-state index contributed by atoms with van der Waals surface area (Å²) in [5, 5.41) is 0. The monoisotopic (exact) mass is 208 g/mol. The molecule has 0 aromatic rings. The molecule has 0 radical (unpaired) electrons. The van der Waals surface area contributed by atoms with Gasteiger partial charge in [-0.05, 0) is 32.4 Å². The summed E-state index contributed by atoms with van der Waals surface area (Å²) in [4.78, 5) is 0. The molecule has 0 fully saturated rings. The smallest absolute Gasteiger partial charge is 0.00973 e. The van der Waals surface area contributed by atoms with E-state index in [0.717, 1.165) is 0 Å². The van der Waals surface area contributed by atoms with Gasteiger partial charge in [-0.15, -0.1) is 0 Å². The molecule has 12 heavy (non-hydrogen) atoms. The van der Waals surface area contributed by atoms with Crippen LogP contribution in [0, 0.1) is 0 Å². The molecule has 0 amide bonds. The van der Waals surface area contributed by atoms with E-state index in [9.17, 15) is 0 Å². The summed E-state index contributed by atoms with van der Waals surface area (Å²) in [6.07, 6.45) is 10.6. The predicted molar refractivity (Wildman–Crippen MR) is 61.6 cm³/mol. The highest BCUT2D eigenvalue weighted by atomic mass is 35.7. The third-order valence-electron chi connectivity index (χ3n) is 2.01. The van der Waals surface area contributed by atoms with E-state index in [0.29, 0.717) is 0 Å². The van der Waals surface area contributed by atoms with Crippen LogP contribution in [0.3, 0.4) is 0 Å². The van der Waals surface area contributed by atoms with Crippen LogP contribution in [0.15, 0.2) is 0 Å². The second kappa shape index (κ2) is 9.81. The summed E-state index contributed by atoms with van der Waals surface area (Å²) < 4.78 is 0. The van der Waals surface area contributed by atoms with Crippen molar-refractivity contribution >= 4 is 18.5 Å². The minimum atomic E-state index is -0.131. The van der Waals surface area contributed by atoms with Gasteiger partial charge in [-0.1, -0.05) is 50.8 Å². The van der Waals surface area contributed by atoms with Crippen molar-refractivity contribution in [3.05, 3.63) is 0 Å². The number of hydrogen-bond acceptors (Lipinski definition) is 0. The molecule has 0 saturated heterocycles. The third kappa shape index (κ3) is 8.81. The third-order valence-corrected chi connectivity index (χ3v) is 4.63. The van der Waals surface area contributed by atoms with Crippen molar-refractivity contribution in [3.8, 4) is 0 Å². The minimum Gasteiger partial charge on any atom is -0.0964 e. The van der Waals surface area contributed by atoms with E-state index in [4.69, 9.17) is 11.2 Å². The van der Waals surface area contributed by atoms with Crippen LogP contribution >= 0.6 is 18.5 Å². The van der Waals surface area contributed by atoms with Gasteiger partial charge in [0.2, 0.25) is 0 Å². The van der Waals surface area contributed by atoms with E-state index in [1.807, 2.05) is 0 Å². The SMILES string of the molecule is CCCCCCP(Cl)CCCC. The van der Waals surface area contributed by atoms with Crippen LogP contribution in [-0.2, 0) is 0 Å². The first-order valence-corrected chi connectivity index (χ1v) is 7.83. The molecule has 0 aliphatic rings. The van der Waals surface area contributed by atoms with Gasteiger partial charge in [0.25, 0.3) is 0 Å². The largest absolute Gasteiger partial charge is 0.0964 e. The Bertz CT molecular complexity index is 85.9. The highest BCUT2D eigenvalue weighted by Crippen LogP contribution is 2.42. The van der Waals surface area contributed by atoms with Crippen molar-refractivity contribution in [2.45, 2.75) is 52.4 Å². The zero-order valence-corrected chi connectivity index (χ0v) is 10.1. The van der Waals surface area contributed by atoms with Crippen LogP contribution in [0.5, 0.6) is 0 Å². The quantitative estimate of drug-likeness (QED) is 0.389. The van der Waals surface area contributed by atoms with Crippen molar-refractivity contribution in [1.82, 2.24) is 0 Å². The summed E-state index contributed by atoms with van der Waals surface area (Å²) in [6.45, 7) is 4.48. The molecule has 0 N–H and O–H groups in total. The van der Waals surface area contributed by atoms with Gasteiger partial charge in [0.1, 0.15) is 0 Å². The maximum atomic E-state index is 6.20. The molecule has 0 heterocycles. The van der Waals surface area contributed by atoms with E-state index < -0.39 is 0 Å². The van der Waals surface area contributed by atoms with Crippen LogP contribution in [0.1, 0.15) is 52.4 Å². The second-order valence-corrected chi connectivity index (χ2v) is 6.58. The van der Waals surface area contributed by atoms with Crippen molar-refractivity contribution in [2.75, 3.05) is 12.3 Å². The standard InChI is InChI=1S/C10H22ClP/c1-3-5-7-8-10-12(11)9-6-4-2/h3-10H2,1-2H3. The Balaban J connectivity index is 3.02. The van der Waals surface area contributed by atoms with Crippen LogP contribution < -0.4 is 0 Å². The van der Waals surface area contributed by atoms with Gasteiger partial charge in [0.15, 0.2) is 0 Å². The Hall–Kier alpha value is 0.720. The van der Waals surface area contributed by atoms with Crippen molar-refractivity contribution < 1.29 is 0 Å². The number of hydrogen-bond donors (Lipinski definition) is 0. The lowest BCUT2D eigenvalue weighted by Crippen LogP contribution is -1.86. The number of halogens is 1. The molecular formula is C10H22ClP. The zero-order chi connectivity index (χ0) is 9.23. The molecule has 0 aliphatic heterocycles. The fraction of sp³-hybridized carbons (Fsp3) is 1.00. The zero-order valence-electron chi connectivity index (χ0n) is 8.48. The minimum absolute atomic E-state index is 0.131. The van der Waals surface area contributed by atoms with E-state index in [-0.39, 0.29) is 7.27 Å². The predicted octanol–water partition coefficient (Wildman–Crippen LogP) is 5.00. The average Bonchev–Trinajstić information content (AvgIpc) is 2.09. The lowest BCUT2D eigenvalue weighted by molar-refractivity contribution is 0.705. The first kappa shape index (κ1) is 12.7. The van der Waals surface area contributed by atoms with Crippen molar-refractivity contribution in [1.29, 1.82) is 0 Å². The first-order valence-electron chi connectivity index (χ1n) is 5.22. The normalized spacial score (nSPS) is 13.2. The molecule has 1 unspecified atom stereocenters. The summed E-state index contributed by atoms with van der Waals surface area (Å²) in [5.74, 6) is 0. The van der Waals surface area contributed by atoms with E-state index >= 15 is 0 Å². The topological polar surface area (TPSA) is 0 Å². The van der Waals surface area contributed by atoms with Gasteiger partial charge < -0.3 is 0 Å². The van der Waals surface area contributed by atoms with Gasteiger partial charge in [0.05, 0.1) is 0 Å². The van der Waals surface area contributed by atoms with Gasteiger partial charge >= 0.3 is 0 Å². The van der Waals surface area contributed by atoms with Crippen molar-refractivity contribution in [3.63, 3.8) is 0 Å². The van der Waals surface area contributed by atoms with Gasteiger partial charge in [-0.2, -0.15) is 0 Å². The fourth-order valence-corrected chi connectivity index (χ4v) is 3.32. The van der Waals surface area contributed by atoms with Crippen LogP contribution in [0.2, 0.25) is 0 Å². The molecule has 0 nitrogen and oxygen atoms in total. The molecule has 74 valence electrons. The molecule has 1 atom stereocenters. The molecule has 0 aliphatic carbocycles. The van der Waals surface area contributed by atoms with Gasteiger partial charge in [-0.25, -0.2) is 0 Å². The lowest BCUT2D eigenvalue weighted by atomic mass is 10.2. The molecule has 0 aromatic heterocycles. The summed E-state index contributed by atoms with van der Waals surface area (Å²) in [5.41, 5.74) is 0. The lowest BCUT2D eigenvalue weighted by Gasteiger charge is -2.07. The van der Waals surface area contributed by atoms with Crippen LogP contribution in [-0.4, -0.2) is 12.3 Å². The fourth-order valence-electron chi connectivity index (χ4n) is 1.15. The van der Waals surface area contributed by atoms with Gasteiger partial charge in [0, 0.05) is 0 Å². The molecule has 0 spiro atoms. The summed E-state index contributed by atoms with van der Waals surface area (Å²) in [6, 6.07) is 0. The number of unbranched alkanes of at least 4 members (excludes halogenated alkanes) is 4. The van der Waals surface area contributed by atoms with Crippen molar-refractivity contribution in [2.24, 2.45) is 0 Å². The summed E-state index contributed by atoms with van der Waals surface area (Å²) >= 11 is 6.20. The Kier molecular flexibility index (Phi) is 10.4. The van der Waals surface area contributed by atoms with E-state index in [2.05, 4.69) is 13.8 Å². The molecule has 2 heteroatoms. The average molecular weight is 209 g/mol. The van der Waals surface area contributed by atoms with E-state index in [1.54, 1.807) is 0 Å². The number of rotatable bonds is 8. The Morgan fingerprint density at radius 2 is 1.42 bits per heavy atom. The maximum absolute atomic E-state index is 6.20. The summed E-state index contributed by atoms with van der Waals surface area (Å²) in [7, 11) is -0.131. The molecule has 0 saturated carbocycles.